The molecule has 2 amide bonds. The molecule has 40 heavy (non-hydrogen) atoms. The van der Waals surface area contributed by atoms with Gasteiger partial charge in [0.2, 0.25) is 11.8 Å². The largest absolute Gasteiger partial charge is 0.493 e. The number of carbonyl (C=O) groups is 2. The third-order valence-electron chi connectivity index (χ3n) is 8.21. The zero-order valence-electron chi connectivity index (χ0n) is 23.5. The van der Waals surface area contributed by atoms with Gasteiger partial charge in [-0.3, -0.25) is 9.59 Å². The molecule has 3 aliphatic rings. The first-order valence-corrected chi connectivity index (χ1v) is 14.7. The number of hydrogen-bond acceptors (Lipinski definition) is 8. The zero-order valence-corrected chi connectivity index (χ0v) is 23.5. The third-order valence-corrected chi connectivity index (χ3v) is 8.21. The number of halogens is 1. The number of amides is 2. The highest BCUT2D eigenvalue weighted by molar-refractivity contribution is 5.95. The predicted octanol–water partition coefficient (Wildman–Crippen LogP) is 3.49. The molecule has 5 rings (SSSR count). The molecule has 2 aromatic rings. The maximum Gasteiger partial charge on any atom is 0.266 e. The molecule has 0 radical (unpaired) electrons. The smallest absolute Gasteiger partial charge is 0.266 e. The van der Waals surface area contributed by atoms with Crippen LogP contribution in [0.1, 0.15) is 81.0 Å². The molecule has 11 heteroatoms. The Labute approximate surface area is 235 Å². The maximum atomic E-state index is 14.8. The first kappa shape index (κ1) is 28.3. The average Bonchev–Trinajstić information content (AvgIpc) is 3.73. The topological polar surface area (TPSA) is 113 Å². The zero-order chi connectivity index (χ0) is 28.1. The lowest BCUT2D eigenvalue weighted by Gasteiger charge is -2.30. The summed E-state index contributed by atoms with van der Waals surface area (Å²) < 4.78 is 25.9. The summed E-state index contributed by atoms with van der Waals surface area (Å²) in [4.78, 5) is 33.9. The van der Waals surface area contributed by atoms with Gasteiger partial charge in [-0.25, -0.2) is 4.39 Å². The second-order valence-corrected chi connectivity index (χ2v) is 11.5. The lowest BCUT2D eigenvalue weighted by molar-refractivity contribution is -0.132. The van der Waals surface area contributed by atoms with Crippen LogP contribution in [0.15, 0.2) is 22.7 Å². The van der Waals surface area contributed by atoms with E-state index in [4.69, 9.17) is 9.26 Å². The molecule has 2 N–H and O–H groups in total. The van der Waals surface area contributed by atoms with Gasteiger partial charge in [-0.15, -0.1) is 0 Å². The van der Waals surface area contributed by atoms with Crippen LogP contribution in [-0.4, -0.2) is 78.3 Å². The monoisotopic (exact) mass is 556 g/mol. The van der Waals surface area contributed by atoms with Crippen molar-refractivity contribution in [1.82, 2.24) is 25.7 Å². The minimum Gasteiger partial charge on any atom is -0.493 e. The summed E-state index contributed by atoms with van der Waals surface area (Å²) in [5.74, 6) is 1.61. The van der Waals surface area contributed by atoms with Gasteiger partial charge < -0.3 is 29.7 Å². The Morgan fingerprint density at radius 2 is 1.98 bits per heavy atom. The molecule has 2 atom stereocenters. The van der Waals surface area contributed by atoms with Gasteiger partial charge >= 0.3 is 0 Å². The van der Waals surface area contributed by atoms with E-state index in [0.29, 0.717) is 43.1 Å². The summed E-state index contributed by atoms with van der Waals surface area (Å²) in [5, 5.41) is 10.2. The van der Waals surface area contributed by atoms with Crippen molar-refractivity contribution in [3.8, 4) is 5.75 Å². The van der Waals surface area contributed by atoms with Crippen LogP contribution < -0.4 is 20.3 Å². The molecule has 3 fully saturated rings. The second kappa shape index (κ2) is 13.0. The van der Waals surface area contributed by atoms with E-state index in [1.165, 1.54) is 12.1 Å². The lowest BCUT2D eigenvalue weighted by atomic mass is 9.92. The Morgan fingerprint density at radius 3 is 2.67 bits per heavy atom. The summed E-state index contributed by atoms with van der Waals surface area (Å²) in [6, 6.07) is 3.87. The van der Waals surface area contributed by atoms with Crippen molar-refractivity contribution < 1.29 is 23.2 Å². The number of likely N-dealkylation sites (tertiary alicyclic amines) is 1. The van der Waals surface area contributed by atoms with Crippen LogP contribution in [0.3, 0.4) is 0 Å². The second-order valence-electron chi connectivity index (χ2n) is 11.5. The molecule has 1 aromatic carbocycles. The van der Waals surface area contributed by atoms with E-state index in [1.54, 1.807) is 6.07 Å². The summed E-state index contributed by atoms with van der Waals surface area (Å²) in [5.41, 5.74) is -0.0180. The molecule has 0 unspecified atom stereocenters. The van der Waals surface area contributed by atoms with Crippen molar-refractivity contribution in [3.63, 3.8) is 0 Å². The Morgan fingerprint density at radius 1 is 1.20 bits per heavy atom. The van der Waals surface area contributed by atoms with E-state index in [0.717, 1.165) is 64.7 Å². The summed E-state index contributed by atoms with van der Waals surface area (Å²) in [6.45, 7) is 8.48. The van der Waals surface area contributed by atoms with Crippen LogP contribution in [0.5, 0.6) is 5.75 Å². The minimum atomic E-state index is -0.611. The van der Waals surface area contributed by atoms with E-state index in [2.05, 4.69) is 25.7 Å². The quantitative estimate of drug-likeness (QED) is 0.428. The Balaban J connectivity index is 1.00. The number of hydrogen-bond donors (Lipinski definition) is 2. The Bertz CT molecular complexity index is 1160. The highest BCUT2D eigenvalue weighted by Gasteiger charge is 2.34. The highest BCUT2D eigenvalue weighted by Crippen LogP contribution is 2.26. The number of nitrogens with zero attached hydrogens (tertiary/aromatic N) is 4. The van der Waals surface area contributed by atoms with E-state index in [-0.39, 0.29) is 29.5 Å². The minimum absolute atomic E-state index is 0.0180. The Kier molecular flexibility index (Phi) is 9.18. The molecule has 3 aliphatic heterocycles. The highest BCUT2D eigenvalue weighted by atomic mass is 19.1. The van der Waals surface area contributed by atoms with Gasteiger partial charge in [0.15, 0.2) is 0 Å². The van der Waals surface area contributed by atoms with Gasteiger partial charge in [0.05, 0.1) is 18.2 Å². The predicted molar refractivity (Wildman–Crippen MR) is 148 cm³/mol. The van der Waals surface area contributed by atoms with E-state index in [9.17, 15) is 14.0 Å². The van der Waals surface area contributed by atoms with Crippen molar-refractivity contribution in [1.29, 1.82) is 0 Å². The number of rotatable bonds is 10. The van der Waals surface area contributed by atoms with Crippen LogP contribution in [-0.2, 0) is 4.79 Å². The van der Waals surface area contributed by atoms with Crippen molar-refractivity contribution in [2.45, 2.75) is 76.8 Å². The first-order valence-electron chi connectivity index (χ1n) is 14.7. The molecule has 0 spiro atoms. The average molecular weight is 557 g/mol. The first-order chi connectivity index (χ1) is 19.4. The fraction of sp³-hybridized carbons (Fsp3) is 0.655. The van der Waals surface area contributed by atoms with Crippen LogP contribution in [0.4, 0.5) is 10.3 Å². The van der Waals surface area contributed by atoms with Crippen LogP contribution in [0, 0.1) is 11.7 Å². The van der Waals surface area contributed by atoms with E-state index < -0.39 is 11.7 Å². The standard InChI is InChI=1S/C29H41FN6O4/c1-19(2)27-33-29(34-40-27)36-13-9-20(10-14-36)6-5-15-39-22-7-8-23(24(30)17-22)26(37)32-21-16-25(31-18-21)28(38)35-11-3-4-12-35/h7-8,17,19-21,25,31H,3-6,9-16,18H2,1-2H3,(H,32,37)/t21-,25-/m0/s1. The van der Waals surface area contributed by atoms with Crippen molar-refractivity contribution >= 4 is 17.8 Å². The van der Waals surface area contributed by atoms with Gasteiger partial charge in [-0.1, -0.05) is 13.8 Å². The van der Waals surface area contributed by atoms with Crippen molar-refractivity contribution in [3.05, 3.63) is 35.5 Å². The van der Waals surface area contributed by atoms with E-state index >= 15 is 0 Å². The number of aromatic nitrogens is 2. The van der Waals surface area contributed by atoms with Gasteiger partial charge in [0.25, 0.3) is 11.9 Å². The van der Waals surface area contributed by atoms with Crippen LogP contribution >= 0.6 is 0 Å². The summed E-state index contributed by atoms with van der Waals surface area (Å²) in [7, 11) is 0. The SMILES string of the molecule is CC(C)c1nc(N2CCC(CCCOc3ccc(C(=O)N[C@@H]4CN[C@H](C(=O)N5CCCC5)C4)c(F)c3)CC2)no1. The molecular weight excluding hydrogens is 515 g/mol. The molecule has 218 valence electrons. The molecule has 4 heterocycles. The number of ether oxygens (including phenoxy) is 1. The molecular formula is C29H41FN6O4. The van der Waals surface area contributed by atoms with E-state index in [1.807, 2.05) is 18.7 Å². The van der Waals surface area contributed by atoms with Crippen molar-refractivity contribution in [2.24, 2.45) is 5.92 Å². The number of anilines is 1. The lowest BCUT2D eigenvalue weighted by Crippen LogP contribution is -2.42. The van der Waals surface area contributed by atoms with Gasteiger partial charge in [0, 0.05) is 50.7 Å². The summed E-state index contributed by atoms with van der Waals surface area (Å²) in [6.07, 6.45) is 6.64. The van der Waals surface area contributed by atoms with Gasteiger partial charge in [-0.05, 0) is 68.2 Å². The normalized spacial score (nSPS) is 21.8. The molecule has 0 aliphatic carbocycles. The van der Waals surface area contributed by atoms with Gasteiger partial charge in [-0.2, -0.15) is 4.98 Å². The number of carbonyl (C=O) groups excluding carboxylic acids is 2. The number of benzene rings is 1. The Hall–Kier alpha value is -3.21. The summed E-state index contributed by atoms with van der Waals surface area (Å²) >= 11 is 0. The molecule has 0 bridgehead atoms. The fourth-order valence-corrected chi connectivity index (χ4v) is 5.80. The molecule has 1 aromatic heterocycles. The number of nitrogens with one attached hydrogen (secondary N) is 2. The van der Waals surface area contributed by atoms with Crippen LogP contribution in [0.2, 0.25) is 0 Å². The number of piperidine rings is 1. The third kappa shape index (κ3) is 6.92. The molecule has 10 nitrogen and oxygen atoms in total. The maximum absolute atomic E-state index is 14.8. The van der Waals surface area contributed by atoms with Crippen molar-refractivity contribution in [2.75, 3.05) is 44.2 Å². The van der Waals surface area contributed by atoms with Crippen LogP contribution in [0.25, 0.3) is 0 Å². The fourth-order valence-electron chi connectivity index (χ4n) is 5.80. The van der Waals surface area contributed by atoms with Gasteiger partial charge in [0.1, 0.15) is 11.6 Å². The molecule has 3 saturated heterocycles. The molecule has 0 saturated carbocycles.